The van der Waals surface area contributed by atoms with Gasteiger partial charge in [-0.3, -0.25) is 4.90 Å². The number of hydrogen-bond donors (Lipinski definition) is 1. The number of pyridine rings is 1. The Bertz CT molecular complexity index is 365. The lowest BCUT2D eigenvalue weighted by atomic mass is 10.1. The number of rotatable bonds is 2. The maximum absolute atomic E-state index is 5.86. The van der Waals surface area contributed by atoms with Crippen LogP contribution < -0.4 is 5.73 Å². The van der Waals surface area contributed by atoms with E-state index in [9.17, 15) is 0 Å². The summed E-state index contributed by atoms with van der Waals surface area (Å²) < 4.78 is 0.356. The highest BCUT2D eigenvalue weighted by Gasteiger charge is 2.27. The van der Waals surface area contributed by atoms with Crippen molar-refractivity contribution < 1.29 is 0 Å². The molecule has 2 N–H and O–H groups in total. The van der Waals surface area contributed by atoms with Crippen LogP contribution in [0.5, 0.6) is 0 Å². The fourth-order valence-corrected chi connectivity index (χ4v) is 3.25. The van der Waals surface area contributed by atoms with Crippen LogP contribution in [0.1, 0.15) is 19.4 Å². The summed E-state index contributed by atoms with van der Waals surface area (Å²) >= 11 is 2.05. The molecule has 3 nitrogen and oxygen atoms in total. The minimum Gasteiger partial charge on any atom is -0.383 e. The zero-order chi connectivity index (χ0) is 11.6. The molecule has 1 aromatic rings. The van der Waals surface area contributed by atoms with Crippen molar-refractivity contribution in [3.8, 4) is 0 Å². The largest absolute Gasteiger partial charge is 0.383 e. The summed E-state index contributed by atoms with van der Waals surface area (Å²) in [6.45, 7) is 7.78. The zero-order valence-corrected chi connectivity index (χ0v) is 10.8. The summed E-state index contributed by atoms with van der Waals surface area (Å²) in [6.07, 6.45) is 1.74. The Morgan fingerprint density at radius 2 is 2.38 bits per heavy atom. The van der Waals surface area contributed by atoms with E-state index in [0.29, 0.717) is 10.6 Å². The van der Waals surface area contributed by atoms with Gasteiger partial charge in [-0.1, -0.05) is 6.07 Å². The molecule has 88 valence electrons. The molecule has 0 aromatic carbocycles. The number of hydrogen-bond acceptors (Lipinski definition) is 4. The van der Waals surface area contributed by atoms with Crippen LogP contribution in [0.3, 0.4) is 0 Å². The summed E-state index contributed by atoms with van der Waals surface area (Å²) in [4.78, 5) is 6.59. The molecule has 0 amide bonds. The van der Waals surface area contributed by atoms with Crippen LogP contribution in [0, 0.1) is 0 Å². The van der Waals surface area contributed by atoms with Gasteiger partial charge in [0.2, 0.25) is 0 Å². The maximum atomic E-state index is 5.86. The molecule has 2 heterocycles. The van der Waals surface area contributed by atoms with Crippen molar-refractivity contribution >= 4 is 17.6 Å². The van der Waals surface area contributed by atoms with E-state index in [-0.39, 0.29) is 0 Å². The molecule has 0 radical (unpaired) electrons. The van der Waals surface area contributed by atoms with Gasteiger partial charge < -0.3 is 5.73 Å². The summed E-state index contributed by atoms with van der Waals surface area (Å²) in [5, 5.41) is 0. The van der Waals surface area contributed by atoms with Crippen molar-refractivity contribution in [2.75, 3.05) is 24.6 Å². The molecule has 0 saturated carbocycles. The summed E-state index contributed by atoms with van der Waals surface area (Å²) in [5.41, 5.74) is 7.01. The van der Waals surface area contributed by atoms with Crippen LogP contribution in [0.4, 0.5) is 5.82 Å². The van der Waals surface area contributed by atoms with E-state index in [0.717, 1.165) is 25.2 Å². The van der Waals surface area contributed by atoms with Gasteiger partial charge in [-0.25, -0.2) is 4.98 Å². The van der Waals surface area contributed by atoms with Crippen molar-refractivity contribution in [2.45, 2.75) is 25.1 Å². The van der Waals surface area contributed by atoms with Crippen LogP contribution in [0.2, 0.25) is 0 Å². The van der Waals surface area contributed by atoms with E-state index in [1.807, 2.05) is 6.07 Å². The van der Waals surface area contributed by atoms with Gasteiger partial charge in [-0.05, 0) is 19.9 Å². The lowest BCUT2D eigenvalue weighted by Crippen LogP contribution is -2.42. The lowest BCUT2D eigenvalue weighted by molar-refractivity contribution is 0.253. The molecule has 1 aromatic heterocycles. The first-order valence-corrected chi connectivity index (χ1v) is 6.61. The van der Waals surface area contributed by atoms with E-state index in [4.69, 9.17) is 5.73 Å². The molecular formula is C12H19N3S. The highest BCUT2D eigenvalue weighted by molar-refractivity contribution is 8.00. The van der Waals surface area contributed by atoms with Crippen LogP contribution in [0.15, 0.2) is 18.3 Å². The van der Waals surface area contributed by atoms with Crippen LogP contribution in [0.25, 0.3) is 0 Å². The topological polar surface area (TPSA) is 42.2 Å². The van der Waals surface area contributed by atoms with Crippen molar-refractivity contribution in [2.24, 2.45) is 0 Å². The number of nitrogens with zero attached hydrogens (tertiary/aromatic N) is 2. The van der Waals surface area contributed by atoms with Crippen molar-refractivity contribution in [1.29, 1.82) is 0 Å². The van der Waals surface area contributed by atoms with E-state index < -0.39 is 0 Å². The number of nitrogen functional groups attached to an aromatic ring is 1. The van der Waals surface area contributed by atoms with Gasteiger partial charge in [0.05, 0.1) is 0 Å². The van der Waals surface area contributed by atoms with Gasteiger partial charge in [0.1, 0.15) is 5.82 Å². The molecule has 0 atom stereocenters. The summed E-state index contributed by atoms with van der Waals surface area (Å²) in [6, 6.07) is 4.02. The fourth-order valence-electron chi connectivity index (χ4n) is 2.07. The minimum absolute atomic E-state index is 0.356. The van der Waals surface area contributed by atoms with E-state index in [1.54, 1.807) is 6.20 Å². The number of thioether (sulfide) groups is 1. The van der Waals surface area contributed by atoms with Gasteiger partial charge in [0.25, 0.3) is 0 Å². The third kappa shape index (κ3) is 2.89. The molecule has 2 rings (SSSR count). The fraction of sp³-hybridized carbons (Fsp3) is 0.583. The monoisotopic (exact) mass is 237 g/mol. The van der Waals surface area contributed by atoms with Crippen molar-refractivity contribution in [3.05, 3.63) is 23.9 Å². The molecule has 1 fully saturated rings. The number of aromatic nitrogens is 1. The van der Waals surface area contributed by atoms with E-state index >= 15 is 0 Å². The Balaban J connectivity index is 2.02. The first kappa shape index (κ1) is 11.7. The molecule has 0 spiro atoms. The van der Waals surface area contributed by atoms with Gasteiger partial charge >= 0.3 is 0 Å². The van der Waals surface area contributed by atoms with Gasteiger partial charge in [0.15, 0.2) is 0 Å². The summed E-state index contributed by atoms with van der Waals surface area (Å²) in [5.74, 6) is 1.87. The van der Waals surface area contributed by atoms with Gasteiger partial charge in [-0.15, -0.1) is 0 Å². The lowest BCUT2D eigenvalue weighted by Gasteiger charge is -2.37. The van der Waals surface area contributed by atoms with Crippen molar-refractivity contribution in [1.82, 2.24) is 9.88 Å². The SMILES string of the molecule is CC1(C)CN(Cc2cccnc2N)CCS1. The predicted octanol–water partition coefficient (Wildman–Crippen LogP) is 1.99. The molecule has 1 saturated heterocycles. The smallest absolute Gasteiger partial charge is 0.127 e. The highest BCUT2D eigenvalue weighted by atomic mass is 32.2. The minimum atomic E-state index is 0.356. The van der Waals surface area contributed by atoms with Crippen LogP contribution in [-0.2, 0) is 6.54 Å². The highest BCUT2D eigenvalue weighted by Crippen LogP contribution is 2.30. The Kier molecular flexibility index (Phi) is 3.40. The quantitative estimate of drug-likeness (QED) is 0.854. The normalized spacial score (nSPS) is 20.9. The number of anilines is 1. The molecule has 16 heavy (non-hydrogen) atoms. The van der Waals surface area contributed by atoms with Gasteiger partial charge in [0, 0.05) is 41.9 Å². The third-order valence-electron chi connectivity index (χ3n) is 2.82. The van der Waals surface area contributed by atoms with Crippen molar-refractivity contribution in [3.63, 3.8) is 0 Å². The van der Waals surface area contributed by atoms with E-state index in [1.165, 1.54) is 5.75 Å². The summed E-state index contributed by atoms with van der Waals surface area (Å²) in [7, 11) is 0. The van der Waals surface area contributed by atoms with Crippen LogP contribution >= 0.6 is 11.8 Å². The van der Waals surface area contributed by atoms with Crippen LogP contribution in [-0.4, -0.2) is 33.5 Å². The second-order valence-corrected chi connectivity index (χ2v) is 6.67. The number of nitrogens with two attached hydrogens (primary N) is 1. The molecule has 0 aliphatic carbocycles. The third-order valence-corrected chi connectivity index (χ3v) is 4.12. The van der Waals surface area contributed by atoms with E-state index in [2.05, 4.69) is 41.6 Å². The average molecular weight is 237 g/mol. The maximum Gasteiger partial charge on any atom is 0.127 e. The molecular weight excluding hydrogens is 218 g/mol. The first-order valence-electron chi connectivity index (χ1n) is 5.62. The second-order valence-electron chi connectivity index (χ2n) is 4.87. The molecule has 1 aliphatic rings. The zero-order valence-electron chi connectivity index (χ0n) is 9.94. The Hall–Kier alpha value is -0.740. The Labute approximate surface area is 101 Å². The second kappa shape index (κ2) is 4.63. The Morgan fingerprint density at radius 3 is 3.06 bits per heavy atom. The molecule has 1 aliphatic heterocycles. The van der Waals surface area contributed by atoms with Gasteiger partial charge in [-0.2, -0.15) is 11.8 Å². The standard InChI is InChI=1S/C12H19N3S/c1-12(2)9-15(6-7-16-12)8-10-4-3-5-14-11(10)13/h3-5H,6-9H2,1-2H3,(H2,13,14). The Morgan fingerprint density at radius 1 is 1.56 bits per heavy atom. The average Bonchev–Trinajstić information content (AvgIpc) is 2.20. The first-order chi connectivity index (χ1) is 7.57. The molecule has 0 unspecified atom stereocenters. The molecule has 4 heteroatoms. The molecule has 0 bridgehead atoms. The predicted molar refractivity (Wildman–Crippen MR) is 70.5 cm³/mol.